The van der Waals surface area contributed by atoms with Crippen LogP contribution in [0.5, 0.6) is 0 Å². The van der Waals surface area contributed by atoms with Crippen LogP contribution in [0.15, 0.2) is 0 Å². The molecule has 0 aromatic rings. The number of nitrogens with one attached hydrogen (secondary N) is 1. The molecule has 0 amide bonds. The fourth-order valence-electron chi connectivity index (χ4n) is 1.81. The van der Waals surface area contributed by atoms with Crippen LogP contribution >= 0.6 is 22.9 Å². The summed E-state index contributed by atoms with van der Waals surface area (Å²) in [5.74, 6) is 0. The van der Waals surface area contributed by atoms with Gasteiger partial charge in [-0.05, 0) is 19.4 Å². The van der Waals surface area contributed by atoms with Crippen molar-refractivity contribution in [1.29, 1.82) is 0 Å². The first-order valence-electron chi connectivity index (χ1n) is 3.54. The van der Waals surface area contributed by atoms with Crippen molar-refractivity contribution in [3.63, 3.8) is 0 Å². The van der Waals surface area contributed by atoms with E-state index >= 15 is 0 Å². The van der Waals surface area contributed by atoms with Gasteiger partial charge in [-0.25, -0.2) is 3.11 Å². The molecule has 0 spiro atoms. The Morgan fingerprint density at radius 3 is 3.11 bits per heavy atom. The Hall–Kier alpha value is 0.650. The van der Waals surface area contributed by atoms with Crippen molar-refractivity contribution in [2.75, 3.05) is 13.1 Å². The highest BCUT2D eigenvalue weighted by molar-refractivity contribution is 14.1. The largest absolute Gasteiger partial charge is 0.312 e. The first-order chi connectivity index (χ1) is 4.38. The van der Waals surface area contributed by atoms with E-state index in [-0.39, 0.29) is 0 Å². The highest BCUT2D eigenvalue weighted by Gasteiger charge is 2.35. The van der Waals surface area contributed by atoms with Crippen molar-refractivity contribution >= 4 is 22.9 Å². The molecule has 0 radical (unpaired) electrons. The third-order valence-electron chi connectivity index (χ3n) is 2.32. The Labute approximate surface area is 69.5 Å². The van der Waals surface area contributed by atoms with Crippen LogP contribution in [0.4, 0.5) is 0 Å². The molecule has 2 nitrogen and oxygen atoms in total. The van der Waals surface area contributed by atoms with Crippen LogP contribution in [-0.2, 0) is 0 Å². The van der Waals surface area contributed by atoms with E-state index in [1.165, 1.54) is 25.9 Å². The Bertz CT molecular complexity index is 118. The van der Waals surface area contributed by atoms with Crippen LogP contribution in [0.1, 0.15) is 12.8 Å². The molecular weight excluding hydrogens is 227 g/mol. The van der Waals surface area contributed by atoms with Gasteiger partial charge in [0.15, 0.2) is 0 Å². The summed E-state index contributed by atoms with van der Waals surface area (Å²) in [7, 11) is 0. The number of hydrogen-bond acceptors (Lipinski definition) is 2. The second-order valence-electron chi connectivity index (χ2n) is 2.83. The minimum Gasteiger partial charge on any atom is -0.312 e. The van der Waals surface area contributed by atoms with E-state index < -0.39 is 0 Å². The lowest BCUT2D eigenvalue weighted by molar-refractivity contribution is 0.466. The third-order valence-corrected chi connectivity index (χ3v) is 3.52. The van der Waals surface area contributed by atoms with Gasteiger partial charge in [-0.2, -0.15) is 0 Å². The van der Waals surface area contributed by atoms with Crippen LogP contribution in [-0.4, -0.2) is 28.3 Å². The Balaban J connectivity index is 2.07. The normalized spacial score (nSPS) is 43.7. The van der Waals surface area contributed by atoms with Gasteiger partial charge in [0.05, 0.1) is 0 Å². The summed E-state index contributed by atoms with van der Waals surface area (Å²) in [6.07, 6.45) is 2.71. The van der Waals surface area contributed by atoms with Gasteiger partial charge in [-0.3, -0.25) is 0 Å². The van der Waals surface area contributed by atoms with Gasteiger partial charge in [0, 0.05) is 41.5 Å². The molecule has 0 aromatic heterocycles. The zero-order valence-corrected chi connectivity index (χ0v) is 7.47. The highest BCUT2D eigenvalue weighted by Crippen LogP contribution is 2.27. The lowest BCUT2D eigenvalue weighted by Gasteiger charge is -2.13. The van der Waals surface area contributed by atoms with Crippen molar-refractivity contribution in [3.8, 4) is 0 Å². The van der Waals surface area contributed by atoms with E-state index in [0.29, 0.717) is 0 Å². The van der Waals surface area contributed by atoms with Gasteiger partial charge in [0.1, 0.15) is 0 Å². The van der Waals surface area contributed by atoms with Crippen molar-refractivity contribution in [3.05, 3.63) is 0 Å². The maximum atomic E-state index is 3.50. The van der Waals surface area contributed by atoms with E-state index in [1.54, 1.807) is 0 Å². The van der Waals surface area contributed by atoms with Crippen LogP contribution in [0.2, 0.25) is 0 Å². The highest BCUT2D eigenvalue weighted by atomic mass is 127. The summed E-state index contributed by atoms with van der Waals surface area (Å²) in [4.78, 5) is 0. The molecule has 0 unspecified atom stereocenters. The standard InChI is InChI=1S/C6H11IN2/c7-9-4-2-5-6(9)1-3-8-5/h5-6,8H,1-4H2/t5-,6-/m1/s1. The van der Waals surface area contributed by atoms with Crippen molar-refractivity contribution < 1.29 is 0 Å². The lowest BCUT2D eigenvalue weighted by atomic mass is 10.1. The quantitative estimate of drug-likeness (QED) is 0.495. The maximum absolute atomic E-state index is 3.50. The molecule has 1 N–H and O–H groups in total. The Morgan fingerprint density at radius 2 is 2.33 bits per heavy atom. The Kier molecular flexibility index (Phi) is 1.67. The number of nitrogens with zero attached hydrogens (tertiary/aromatic N) is 1. The topological polar surface area (TPSA) is 15.3 Å². The van der Waals surface area contributed by atoms with Crippen molar-refractivity contribution in [2.24, 2.45) is 0 Å². The summed E-state index contributed by atoms with van der Waals surface area (Å²) < 4.78 is 2.45. The van der Waals surface area contributed by atoms with Gasteiger partial charge >= 0.3 is 0 Å². The molecular formula is C6H11IN2. The monoisotopic (exact) mass is 238 g/mol. The molecule has 0 saturated carbocycles. The molecule has 2 aliphatic rings. The molecule has 2 fully saturated rings. The van der Waals surface area contributed by atoms with Crippen molar-refractivity contribution in [1.82, 2.24) is 8.43 Å². The van der Waals surface area contributed by atoms with Crippen LogP contribution in [0, 0.1) is 0 Å². The molecule has 9 heavy (non-hydrogen) atoms. The van der Waals surface area contributed by atoms with Crippen molar-refractivity contribution in [2.45, 2.75) is 24.9 Å². The first kappa shape index (κ1) is 6.37. The molecule has 2 aliphatic heterocycles. The Morgan fingerprint density at radius 1 is 1.44 bits per heavy atom. The number of rotatable bonds is 0. The smallest absolute Gasteiger partial charge is 0.0360 e. The van der Waals surface area contributed by atoms with Gasteiger partial charge < -0.3 is 5.32 Å². The van der Waals surface area contributed by atoms with Crippen LogP contribution < -0.4 is 5.32 Å². The minimum absolute atomic E-state index is 0.821. The fourth-order valence-corrected chi connectivity index (χ4v) is 2.76. The van der Waals surface area contributed by atoms with E-state index in [1.807, 2.05) is 0 Å². The molecule has 2 saturated heterocycles. The summed E-state index contributed by atoms with van der Waals surface area (Å²) in [6.45, 7) is 2.51. The summed E-state index contributed by atoms with van der Waals surface area (Å²) >= 11 is 2.44. The zero-order valence-electron chi connectivity index (χ0n) is 5.31. The molecule has 52 valence electrons. The SMILES string of the molecule is IN1CC[C@H]2NCC[C@H]21. The average molecular weight is 238 g/mol. The first-order valence-corrected chi connectivity index (χ1v) is 4.50. The molecule has 0 aromatic carbocycles. The number of halogens is 1. The molecule has 2 rings (SSSR count). The minimum atomic E-state index is 0.821. The average Bonchev–Trinajstić information content (AvgIpc) is 2.35. The van der Waals surface area contributed by atoms with E-state index in [9.17, 15) is 0 Å². The van der Waals surface area contributed by atoms with E-state index in [4.69, 9.17) is 0 Å². The second-order valence-corrected chi connectivity index (χ2v) is 4.07. The van der Waals surface area contributed by atoms with E-state index in [2.05, 4.69) is 31.3 Å². The number of hydrogen-bond donors (Lipinski definition) is 1. The van der Waals surface area contributed by atoms with Crippen LogP contribution in [0.3, 0.4) is 0 Å². The zero-order chi connectivity index (χ0) is 6.27. The molecule has 2 heterocycles. The third kappa shape index (κ3) is 0.991. The molecule has 0 aliphatic carbocycles. The maximum Gasteiger partial charge on any atom is 0.0360 e. The predicted octanol–water partition coefficient (Wildman–Crippen LogP) is 0.773. The molecule has 3 heteroatoms. The van der Waals surface area contributed by atoms with Gasteiger partial charge in [0.25, 0.3) is 0 Å². The van der Waals surface area contributed by atoms with Gasteiger partial charge in [-0.15, -0.1) is 0 Å². The van der Waals surface area contributed by atoms with Crippen LogP contribution in [0.25, 0.3) is 0 Å². The molecule has 2 atom stereocenters. The van der Waals surface area contributed by atoms with Gasteiger partial charge in [-0.1, -0.05) is 0 Å². The predicted molar refractivity (Wildman–Crippen MR) is 45.5 cm³/mol. The second kappa shape index (κ2) is 2.36. The summed E-state index contributed by atoms with van der Waals surface area (Å²) in [6, 6.07) is 1.67. The fraction of sp³-hybridized carbons (Fsp3) is 1.00. The number of fused-ring (bicyclic) bond motifs is 1. The van der Waals surface area contributed by atoms with E-state index in [0.717, 1.165) is 12.1 Å². The summed E-state index contributed by atoms with van der Waals surface area (Å²) in [5.41, 5.74) is 0. The summed E-state index contributed by atoms with van der Waals surface area (Å²) in [5, 5.41) is 3.50. The lowest BCUT2D eigenvalue weighted by Crippen LogP contribution is -2.28. The molecule has 0 bridgehead atoms. The van der Waals surface area contributed by atoms with Gasteiger partial charge in [0.2, 0.25) is 0 Å².